The summed E-state index contributed by atoms with van der Waals surface area (Å²) >= 11 is 0. The van der Waals surface area contributed by atoms with Crippen LogP contribution in [0.15, 0.2) is 36.5 Å². The fourth-order valence-electron chi connectivity index (χ4n) is 4.01. The molecule has 28 heavy (non-hydrogen) atoms. The van der Waals surface area contributed by atoms with E-state index in [0.717, 1.165) is 37.8 Å². The maximum absolute atomic E-state index is 6.04. The predicted octanol–water partition coefficient (Wildman–Crippen LogP) is 3.90. The van der Waals surface area contributed by atoms with Gasteiger partial charge in [0.25, 0.3) is 0 Å². The first-order chi connectivity index (χ1) is 13.6. The minimum atomic E-state index is 0.173. The Bertz CT molecular complexity index is 804. The van der Waals surface area contributed by atoms with Crippen molar-refractivity contribution in [2.24, 2.45) is 0 Å². The predicted molar refractivity (Wildman–Crippen MR) is 111 cm³/mol. The van der Waals surface area contributed by atoms with E-state index in [-0.39, 0.29) is 12.1 Å². The van der Waals surface area contributed by atoms with Gasteiger partial charge in [-0.05, 0) is 50.3 Å². The third kappa shape index (κ3) is 4.47. The molecule has 1 saturated heterocycles. The van der Waals surface area contributed by atoms with Gasteiger partial charge in [0.15, 0.2) is 0 Å². The number of benzene rings is 1. The van der Waals surface area contributed by atoms with Crippen molar-refractivity contribution in [3.8, 4) is 11.6 Å². The Morgan fingerprint density at radius 3 is 2.79 bits per heavy atom. The van der Waals surface area contributed by atoms with Gasteiger partial charge in [0.1, 0.15) is 5.75 Å². The van der Waals surface area contributed by atoms with Crippen molar-refractivity contribution in [1.82, 2.24) is 15.2 Å². The minimum Gasteiger partial charge on any atom is -0.491 e. The number of nitrogens with one attached hydrogen (secondary N) is 1. The summed E-state index contributed by atoms with van der Waals surface area (Å²) in [6, 6.07) is 11.0. The summed E-state index contributed by atoms with van der Waals surface area (Å²) < 4.78 is 11.5. The topological polar surface area (TPSA) is 46.6 Å². The van der Waals surface area contributed by atoms with E-state index < -0.39 is 0 Å². The maximum Gasteiger partial charge on any atom is 0.216 e. The lowest BCUT2D eigenvalue weighted by Crippen LogP contribution is -2.45. The molecule has 5 nitrogen and oxygen atoms in total. The number of ether oxygens (including phenoxy) is 2. The quantitative estimate of drug-likeness (QED) is 0.788. The number of rotatable bonds is 7. The van der Waals surface area contributed by atoms with Crippen LogP contribution in [-0.2, 0) is 6.54 Å². The molecule has 1 atom stereocenters. The van der Waals surface area contributed by atoms with Crippen molar-refractivity contribution in [3.05, 3.63) is 53.2 Å². The summed E-state index contributed by atoms with van der Waals surface area (Å²) in [5.41, 5.74) is 3.80. The molecular weight excluding hydrogens is 350 g/mol. The molecule has 0 spiro atoms. The molecule has 1 aliphatic carbocycles. The van der Waals surface area contributed by atoms with Crippen LogP contribution in [0.3, 0.4) is 0 Å². The lowest BCUT2D eigenvalue weighted by atomic mass is 10.0. The molecular formula is C23H31N3O2. The largest absolute Gasteiger partial charge is 0.491 e. The van der Waals surface area contributed by atoms with Gasteiger partial charge in [-0.3, -0.25) is 4.90 Å². The van der Waals surface area contributed by atoms with Crippen LogP contribution in [0.25, 0.3) is 0 Å². The van der Waals surface area contributed by atoms with Gasteiger partial charge < -0.3 is 14.8 Å². The second kappa shape index (κ2) is 8.50. The Morgan fingerprint density at radius 1 is 1.21 bits per heavy atom. The zero-order valence-electron chi connectivity index (χ0n) is 17.1. The van der Waals surface area contributed by atoms with E-state index >= 15 is 0 Å². The molecule has 2 aromatic rings. The summed E-state index contributed by atoms with van der Waals surface area (Å²) in [4.78, 5) is 7.07. The Labute approximate surface area is 168 Å². The van der Waals surface area contributed by atoms with Gasteiger partial charge in [-0.15, -0.1) is 0 Å². The van der Waals surface area contributed by atoms with Crippen LogP contribution < -0.4 is 14.8 Å². The highest BCUT2D eigenvalue weighted by molar-refractivity contribution is 5.37. The zero-order chi connectivity index (χ0) is 19.5. The Morgan fingerprint density at radius 2 is 2.04 bits per heavy atom. The molecule has 2 fully saturated rings. The molecule has 4 rings (SSSR count). The lowest BCUT2D eigenvalue weighted by molar-refractivity contribution is 0.186. The molecule has 1 saturated carbocycles. The number of hydrogen-bond acceptors (Lipinski definition) is 5. The SMILES string of the molecule is COc1ncc(CN2CCN[C@@H](c3ccccc3OC(C)C)C2)cc1C1CC1. The Kier molecular flexibility index (Phi) is 5.83. The van der Waals surface area contributed by atoms with E-state index in [9.17, 15) is 0 Å². The molecule has 0 amide bonds. The smallest absolute Gasteiger partial charge is 0.216 e. The summed E-state index contributed by atoms with van der Waals surface area (Å²) in [6.45, 7) is 8.04. The van der Waals surface area contributed by atoms with Gasteiger partial charge >= 0.3 is 0 Å². The van der Waals surface area contributed by atoms with Crippen LogP contribution in [0.4, 0.5) is 0 Å². The third-order valence-electron chi connectivity index (χ3n) is 5.47. The molecule has 0 radical (unpaired) electrons. The average Bonchev–Trinajstić information content (AvgIpc) is 3.53. The van der Waals surface area contributed by atoms with E-state index in [2.05, 4.69) is 53.3 Å². The standard InChI is InChI=1S/C23H31N3O2/c1-16(2)28-22-7-5-4-6-19(22)21-15-26(11-10-24-21)14-17-12-20(18-8-9-18)23(27-3)25-13-17/h4-7,12-13,16,18,21,24H,8-11,14-15H2,1-3H3/t21-/m1/s1. The molecule has 0 unspecified atom stereocenters. The zero-order valence-corrected chi connectivity index (χ0v) is 17.1. The Balaban J connectivity index is 1.47. The van der Waals surface area contributed by atoms with E-state index in [4.69, 9.17) is 9.47 Å². The van der Waals surface area contributed by atoms with Crippen molar-refractivity contribution in [3.63, 3.8) is 0 Å². The van der Waals surface area contributed by atoms with E-state index in [1.165, 1.54) is 29.5 Å². The fraction of sp³-hybridized carbons (Fsp3) is 0.522. The summed E-state index contributed by atoms with van der Waals surface area (Å²) in [5.74, 6) is 2.42. The van der Waals surface area contributed by atoms with Gasteiger partial charge in [0.05, 0.1) is 13.2 Å². The summed E-state index contributed by atoms with van der Waals surface area (Å²) in [7, 11) is 1.71. The highest BCUT2D eigenvalue weighted by atomic mass is 16.5. The fourth-order valence-corrected chi connectivity index (χ4v) is 4.01. The highest BCUT2D eigenvalue weighted by Gasteiger charge is 2.28. The van der Waals surface area contributed by atoms with Gasteiger partial charge in [0, 0.05) is 49.5 Å². The minimum absolute atomic E-state index is 0.173. The number of nitrogens with zero attached hydrogens (tertiary/aromatic N) is 2. The molecule has 1 N–H and O–H groups in total. The average molecular weight is 382 g/mol. The van der Waals surface area contributed by atoms with Crippen molar-refractivity contribution >= 4 is 0 Å². The number of hydrogen-bond donors (Lipinski definition) is 1. The van der Waals surface area contributed by atoms with Crippen LogP contribution in [-0.4, -0.2) is 42.7 Å². The first-order valence-corrected chi connectivity index (χ1v) is 10.4. The van der Waals surface area contributed by atoms with Crippen molar-refractivity contribution < 1.29 is 9.47 Å². The first kappa shape index (κ1) is 19.2. The second-order valence-corrected chi connectivity index (χ2v) is 8.16. The summed E-state index contributed by atoms with van der Waals surface area (Å²) in [5, 5.41) is 3.67. The number of piperazine rings is 1. The normalized spacial score (nSPS) is 20.4. The van der Waals surface area contributed by atoms with Gasteiger partial charge in [-0.25, -0.2) is 4.98 Å². The van der Waals surface area contributed by atoms with Gasteiger partial charge in [-0.2, -0.15) is 0 Å². The molecule has 0 bridgehead atoms. The third-order valence-corrected chi connectivity index (χ3v) is 5.47. The first-order valence-electron chi connectivity index (χ1n) is 10.4. The monoisotopic (exact) mass is 381 g/mol. The lowest BCUT2D eigenvalue weighted by Gasteiger charge is -2.34. The Hall–Kier alpha value is -2.11. The van der Waals surface area contributed by atoms with Crippen LogP contribution in [0.1, 0.15) is 55.3 Å². The van der Waals surface area contributed by atoms with Crippen molar-refractivity contribution in [2.45, 2.75) is 51.3 Å². The van der Waals surface area contributed by atoms with Gasteiger partial charge in [-0.1, -0.05) is 18.2 Å². The molecule has 1 aliphatic heterocycles. The number of pyridine rings is 1. The van der Waals surface area contributed by atoms with Crippen LogP contribution >= 0.6 is 0 Å². The molecule has 2 aliphatic rings. The number of para-hydroxylation sites is 1. The summed E-state index contributed by atoms with van der Waals surface area (Å²) in [6.07, 6.45) is 4.65. The van der Waals surface area contributed by atoms with Gasteiger partial charge in [0.2, 0.25) is 5.88 Å². The van der Waals surface area contributed by atoms with Crippen LogP contribution in [0.2, 0.25) is 0 Å². The molecule has 5 heteroatoms. The second-order valence-electron chi connectivity index (χ2n) is 8.16. The van der Waals surface area contributed by atoms with E-state index in [1.807, 2.05) is 12.3 Å². The van der Waals surface area contributed by atoms with Crippen molar-refractivity contribution in [2.75, 3.05) is 26.7 Å². The maximum atomic E-state index is 6.04. The molecule has 1 aromatic carbocycles. The molecule has 1 aromatic heterocycles. The van der Waals surface area contributed by atoms with Crippen molar-refractivity contribution in [1.29, 1.82) is 0 Å². The number of methoxy groups -OCH3 is 1. The van der Waals surface area contributed by atoms with E-state index in [1.54, 1.807) is 7.11 Å². The van der Waals surface area contributed by atoms with E-state index in [0.29, 0.717) is 5.92 Å². The highest BCUT2D eigenvalue weighted by Crippen LogP contribution is 2.43. The number of aromatic nitrogens is 1. The van der Waals surface area contributed by atoms with Crippen LogP contribution in [0.5, 0.6) is 11.6 Å². The van der Waals surface area contributed by atoms with Crippen LogP contribution in [0, 0.1) is 0 Å². The molecule has 150 valence electrons. The molecule has 2 heterocycles.